The van der Waals surface area contributed by atoms with Gasteiger partial charge in [0.1, 0.15) is 0 Å². The highest BCUT2D eigenvalue weighted by molar-refractivity contribution is 6.30. The summed E-state index contributed by atoms with van der Waals surface area (Å²) in [5.74, 6) is 0. The van der Waals surface area contributed by atoms with Crippen molar-refractivity contribution in [2.75, 3.05) is 0 Å². The Morgan fingerprint density at radius 2 is 2.00 bits per heavy atom. The Bertz CT molecular complexity index is 357. The van der Waals surface area contributed by atoms with E-state index in [2.05, 4.69) is 10.3 Å². The summed E-state index contributed by atoms with van der Waals surface area (Å²) in [5, 5.41) is 8.26. The topological polar surface area (TPSA) is 30.7 Å². The molecule has 0 aliphatic carbocycles. The summed E-state index contributed by atoms with van der Waals surface area (Å²) in [5.41, 5.74) is 0.955. The van der Waals surface area contributed by atoms with Crippen LogP contribution in [0.25, 0.3) is 5.69 Å². The van der Waals surface area contributed by atoms with Gasteiger partial charge in [0.05, 0.1) is 18.1 Å². The van der Waals surface area contributed by atoms with E-state index in [-0.39, 0.29) is 1.43 Å². The zero-order chi connectivity index (χ0) is 8.39. The van der Waals surface area contributed by atoms with E-state index in [1.165, 1.54) is 0 Å². The van der Waals surface area contributed by atoms with Crippen molar-refractivity contribution in [1.82, 2.24) is 15.0 Å². The quantitative estimate of drug-likeness (QED) is 0.674. The van der Waals surface area contributed by atoms with E-state index in [1.807, 2.05) is 24.3 Å². The van der Waals surface area contributed by atoms with Crippen molar-refractivity contribution in [1.29, 1.82) is 0 Å². The largest absolute Gasteiger partial charge is 0.221 e. The van der Waals surface area contributed by atoms with Gasteiger partial charge in [-0.3, -0.25) is 0 Å². The lowest BCUT2D eigenvalue weighted by molar-refractivity contribution is 0.803. The third-order valence-electron chi connectivity index (χ3n) is 1.51. The average molecular weight is 182 g/mol. The Morgan fingerprint density at radius 3 is 2.58 bits per heavy atom. The van der Waals surface area contributed by atoms with Crippen LogP contribution in [0.4, 0.5) is 0 Å². The number of benzene rings is 1. The maximum Gasteiger partial charge on any atom is 0.0697 e. The lowest BCUT2D eigenvalue weighted by atomic mass is 10.3. The minimum absolute atomic E-state index is 0. The van der Waals surface area contributed by atoms with Gasteiger partial charge in [-0.1, -0.05) is 16.8 Å². The van der Waals surface area contributed by atoms with E-state index < -0.39 is 0 Å². The van der Waals surface area contributed by atoms with Crippen LogP contribution in [0.1, 0.15) is 1.43 Å². The minimum Gasteiger partial charge on any atom is -0.221 e. The summed E-state index contributed by atoms with van der Waals surface area (Å²) < 4.78 is 1.68. The van der Waals surface area contributed by atoms with Crippen molar-refractivity contribution in [2.24, 2.45) is 0 Å². The molecule has 0 bridgehead atoms. The van der Waals surface area contributed by atoms with Gasteiger partial charge in [0.2, 0.25) is 0 Å². The van der Waals surface area contributed by atoms with Crippen molar-refractivity contribution in [3.63, 3.8) is 0 Å². The van der Waals surface area contributed by atoms with E-state index in [9.17, 15) is 0 Å². The molecule has 1 aromatic carbocycles. The molecule has 0 aliphatic rings. The molecule has 1 radical (unpaired) electrons. The summed E-state index contributed by atoms with van der Waals surface area (Å²) in [7, 11) is 0. The van der Waals surface area contributed by atoms with Gasteiger partial charge in [0.15, 0.2) is 0 Å². The molecule has 3 nitrogen and oxygen atoms in total. The summed E-state index contributed by atoms with van der Waals surface area (Å²) in [6.45, 7) is 0. The van der Waals surface area contributed by atoms with Crippen LogP contribution in [0.5, 0.6) is 0 Å². The smallest absolute Gasteiger partial charge is 0.0697 e. The number of halogens is 1. The summed E-state index contributed by atoms with van der Waals surface area (Å²) in [6, 6.07) is 7.41. The monoisotopic (exact) mass is 181 g/mol. The van der Waals surface area contributed by atoms with Crippen LogP contribution in [-0.2, 0) is 0 Å². The van der Waals surface area contributed by atoms with Gasteiger partial charge in [-0.05, 0) is 24.3 Å². The molecule has 4 heteroatoms. The van der Waals surface area contributed by atoms with Gasteiger partial charge in [-0.25, -0.2) is 4.68 Å². The molecule has 2 aromatic rings. The predicted octanol–water partition coefficient (Wildman–Crippen LogP) is 2.03. The molecule has 61 valence electrons. The number of rotatable bonds is 1. The van der Waals surface area contributed by atoms with Crippen molar-refractivity contribution >= 4 is 11.6 Å². The fourth-order valence-corrected chi connectivity index (χ4v) is 1.07. The normalized spacial score (nSPS) is 10.1. The van der Waals surface area contributed by atoms with Gasteiger partial charge in [-0.15, -0.1) is 5.10 Å². The lowest BCUT2D eigenvalue weighted by Crippen LogP contribution is -1.93. The lowest BCUT2D eigenvalue weighted by Gasteiger charge is -1.98. The van der Waals surface area contributed by atoms with Crippen LogP contribution in [0.3, 0.4) is 0 Å². The molecule has 2 rings (SSSR count). The predicted molar refractivity (Wildman–Crippen MR) is 47.5 cm³/mol. The molecule has 0 atom stereocenters. The van der Waals surface area contributed by atoms with Crippen LogP contribution >= 0.6 is 11.6 Å². The van der Waals surface area contributed by atoms with Crippen molar-refractivity contribution in [2.45, 2.75) is 0 Å². The molecular weight excluding hydrogens is 174 g/mol. The zero-order valence-corrected chi connectivity index (χ0v) is 6.94. The van der Waals surface area contributed by atoms with Gasteiger partial charge >= 0.3 is 0 Å². The number of hydrogen-bond donors (Lipinski definition) is 0. The Morgan fingerprint density at radius 1 is 1.25 bits per heavy atom. The molecule has 1 heterocycles. The molecular formula is C8H7ClN3. The maximum absolute atomic E-state index is 5.73. The van der Waals surface area contributed by atoms with E-state index in [0.717, 1.165) is 10.7 Å². The van der Waals surface area contributed by atoms with Crippen LogP contribution in [-0.4, -0.2) is 15.0 Å². The van der Waals surface area contributed by atoms with Crippen LogP contribution in [0.2, 0.25) is 5.02 Å². The first kappa shape index (κ1) is 7.31. The Hall–Kier alpha value is -1.35. The first-order valence-electron chi connectivity index (χ1n) is 3.48. The number of hydrogen-bond acceptors (Lipinski definition) is 2. The molecule has 0 N–H and O–H groups in total. The highest BCUT2D eigenvalue weighted by Gasteiger charge is 1.94. The second-order valence-corrected chi connectivity index (χ2v) is 2.76. The molecule has 0 saturated heterocycles. The molecule has 12 heavy (non-hydrogen) atoms. The zero-order valence-electron chi connectivity index (χ0n) is 7.18. The fraction of sp³-hybridized carbons (Fsp3) is 0. The molecule has 1 aromatic heterocycles. The highest BCUT2D eigenvalue weighted by Crippen LogP contribution is 2.11. The second-order valence-electron chi connectivity index (χ2n) is 2.32. The van der Waals surface area contributed by atoms with Gasteiger partial charge < -0.3 is 0 Å². The van der Waals surface area contributed by atoms with E-state index in [1.54, 1.807) is 17.1 Å². The van der Waals surface area contributed by atoms with Crippen LogP contribution in [0.15, 0.2) is 36.7 Å². The van der Waals surface area contributed by atoms with Gasteiger partial charge in [0, 0.05) is 6.45 Å². The van der Waals surface area contributed by atoms with Crippen molar-refractivity contribution in [3.05, 3.63) is 41.7 Å². The summed E-state index contributed by atoms with van der Waals surface area (Å²) in [6.07, 6.45) is 3.41. The van der Waals surface area contributed by atoms with Crippen molar-refractivity contribution in [3.8, 4) is 5.69 Å². The second kappa shape index (κ2) is 2.95. The summed E-state index contributed by atoms with van der Waals surface area (Å²) in [4.78, 5) is 0. The standard InChI is InChI=1S/C8H6ClN3.H/c9-7-1-3-8(4-2-7)12-6-5-10-11-12;/h1-6H;/i;1+1. The molecule has 0 amide bonds. The fourth-order valence-electron chi connectivity index (χ4n) is 0.940. The molecule has 0 unspecified atom stereocenters. The third kappa shape index (κ3) is 1.31. The Labute approximate surface area is 76.1 Å². The molecule has 0 spiro atoms. The Kier molecular flexibility index (Phi) is 1.80. The highest BCUT2D eigenvalue weighted by atomic mass is 35.5. The van der Waals surface area contributed by atoms with Crippen LogP contribution in [0, 0.1) is 0 Å². The molecule has 0 aliphatic heterocycles. The first-order valence-corrected chi connectivity index (χ1v) is 3.86. The number of aromatic nitrogens is 3. The van der Waals surface area contributed by atoms with Crippen LogP contribution < -0.4 is 0 Å². The van der Waals surface area contributed by atoms with E-state index in [0.29, 0.717) is 0 Å². The third-order valence-corrected chi connectivity index (χ3v) is 1.77. The Balaban J connectivity index is 0.000000845. The van der Waals surface area contributed by atoms with Crippen molar-refractivity contribution < 1.29 is 1.43 Å². The van der Waals surface area contributed by atoms with Gasteiger partial charge in [0.25, 0.3) is 0 Å². The molecule has 0 saturated carbocycles. The summed E-state index contributed by atoms with van der Waals surface area (Å²) >= 11 is 5.73. The molecule has 0 fully saturated rings. The number of nitrogens with zero attached hydrogens (tertiary/aromatic N) is 3. The SMILES string of the molecule is Clc1ccc(-n2ccnn2)cc1.[2H]. The first-order chi connectivity index (χ1) is 5.86. The maximum atomic E-state index is 5.73. The minimum atomic E-state index is 0. The van der Waals surface area contributed by atoms with Gasteiger partial charge in [-0.2, -0.15) is 0 Å². The average Bonchev–Trinajstić information content (AvgIpc) is 2.58. The van der Waals surface area contributed by atoms with E-state index >= 15 is 0 Å². The van der Waals surface area contributed by atoms with E-state index in [4.69, 9.17) is 11.6 Å².